The first kappa shape index (κ1) is 8.83. The van der Waals surface area contributed by atoms with Gasteiger partial charge in [-0.25, -0.2) is 0 Å². The minimum absolute atomic E-state index is 0.768. The van der Waals surface area contributed by atoms with Gasteiger partial charge in [-0.2, -0.15) is 0 Å². The monoisotopic (exact) mass is 160 g/mol. The number of aliphatic hydroxyl groups excluding tert-OH is 1. The highest BCUT2D eigenvalue weighted by atomic mass is 16.3. The summed E-state index contributed by atoms with van der Waals surface area (Å²) in [6.45, 7) is 2.09. The fourth-order valence-corrected chi connectivity index (χ4v) is 1.03. The third kappa shape index (κ3) is 1.87. The molecule has 1 aromatic carbocycles. The molecular formula is C11H12O. The van der Waals surface area contributed by atoms with Crippen molar-refractivity contribution >= 4 is 0 Å². The predicted octanol–water partition coefficient (Wildman–Crippen LogP) is 1.92. The first-order chi connectivity index (χ1) is 5.77. The molecule has 0 fully saturated rings. The Balaban J connectivity index is 2.86. The first-order valence-corrected chi connectivity index (χ1v) is 4.01. The number of terminal acetylenes is 1. The Kier molecular flexibility index (Phi) is 2.90. The minimum atomic E-state index is -0.768. The molecule has 0 spiro atoms. The van der Waals surface area contributed by atoms with Crippen LogP contribution < -0.4 is 0 Å². The second-order valence-electron chi connectivity index (χ2n) is 2.66. The second kappa shape index (κ2) is 3.94. The smallest absolute Gasteiger partial charge is 0.139 e. The van der Waals surface area contributed by atoms with Crippen molar-refractivity contribution in [1.29, 1.82) is 0 Å². The van der Waals surface area contributed by atoms with E-state index in [0.717, 1.165) is 12.0 Å². The molecule has 0 aliphatic rings. The molecule has 1 aromatic rings. The van der Waals surface area contributed by atoms with Crippen LogP contribution in [-0.4, -0.2) is 5.11 Å². The Morgan fingerprint density at radius 2 is 2.00 bits per heavy atom. The Morgan fingerprint density at radius 3 is 2.42 bits per heavy atom. The van der Waals surface area contributed by atoms with E-state index in [9.17, 15) is 5.11 Å². The second-order valence-corrected chi connectivity index (χ2v) is 2.66. The molecule has 0 aliphatic carbocycles. The fraction of sp³-hybridized carbons (Fsp3) is 0.273. The van der Waals surface area contributed by atoms with Gasteiger partial charge >= 0.3 is 0 Å². The van der Waals surface area contributed by atoms with Gasteiger partial charge in [0.05, 0.1) is 0 Å². The molecule has 1 atom stereocenters. The number of rotatable bonds is 2. The number of benzene rings is 1. The molecule has 1 heteroatoms. The molecule has 0 radical (unpaired) electrons. The van der Waals surface area contributed by atoms with Gasteiger partial charge in [0, 0.05) is 0 Å². The molecule has 0 saturated carbocycles. The predicted molar refractivity (Wildman–Crippen MR) is 49.6 cm³/mol. The van der Waals surface area contributed by atoms with Gasteiger partial charge in [-0.3, -0.25) is 0 Å². The van der Waals surface area contributed by atoms with Crippen molar-refractivity contribution < 1.29 is 5.11 Å². The Bertz CT molecular complexity index is 279. The van der Waals surface area contributed by atoms with Crippen LogP contribution >= 0.6 is 0 Å². The zero-order chi connectivity index (χ0) is 8.97. The Morgan fingerprint density at radius 1 is 1.42 bits per heavy atom. The molecule has 0 amide bonds. The lowest BCUT2D eigenvalue weighted by Gasteiger charge is -2.03. The molecule has 0 aromatic heterocycles. The molecule has 0 heterocycles. The molecular weight excluding hydrogens is 148 g/mol. The maximum absolute atomic E-state index is 9.26. The lowest BCUT2D eigenvalue weighted by Crippen LogP contribution is -1.92. The number of aryl methyl sites for hydroxylation is 1. The van der Waals surface area contributed by atoms with Crippen LogP contribution in [0, 0.1) is 12.3 Å². The van der Waals surface area contributed by atoms with Crippen molar-refractivity contribution in [1.82, 2.24) is 0 Å². The lowest BCUT2D eigenvalue weighted by molar-refractivity contribution is 0.238. The van der Waals surface area contributed by atoms with Crippen molar-refractivity contribution in [2.24, 2.45) is 0 Å². The van der Waals surface area contributed by atoms with E-state index in [4.69, 9.17) is 6.42 Å². The van der Waals surface area contributed by atoms with Gasteiger partial charge < -0.3 is 5.11 Å². The van der Waals surface area contributed by atoms with Crippen LogP contribution in [0.5, 0.6) is 0 Å². The minimum Gasteiger partial charge on any atom is -0.376 e. The van der Waals surface area contributed by atoms with Gasteiger partial charge in [0.2, 0.25) is 0 Å². The van der Waals surface area contributed by atoms with E-state index in [1.807, 2.05) is 24.3 Å². The molecule has 1 N–H and O–H groups in total. The van der Waals surface area contributed by atoms with Crippen LogP contribution in [0.3, 0.4) is 0 Å². The summed E-state index contributed by atoms with van der Waals surface area (Å²) in [5.41, 5.74) is 2.04. The van der Waals surface area contributed by atoms with Crippen LogP contribution in [0.2, 0.25) is 0 Å². The number of hydrogen-bond acceptors (Lipinski definition) is 1. The Hall–Kier alpha value is -1.26. The van der Waals surface area contributed by atoms with Crippen LogP contribution in [0.15, 0.2) is 24.3 Å². The normalized spacial score (nSPS) is 12.1. The topological polar surface area (TPSA) is 20.2 Å². The van der Waals surface area contributed by atoms with E-state index in [1.54, 1.807) is 0 Å². The van der Waals surface area contributed by atoms with Gasteiger partial charge in [0.25, 0.3) is 0 Å². The maximum atomic E-state index is 9.26. The van der Waals surface area contributed by atoms with Gasteiger partial charge in [0.15, 0.2) is 0 Å². The molecule has 1 rings (SSSR count). The standard InChI is InChI=1S/C11H12O/c1-3-9-5-7-10(8-6-9)11(12)4-2/h2,5-8,11-12H,3H2,1H3/t11-/m0/s1. The summed E-state index contributed by atoms with van der Waals surface area (Å²) in [5, 5.41) is 9.26. The zero-order valence-electron chi connectivity index (χ0n) is 7.12. The Labute approximate surface area is 73.0 Å². The molecule has 62 valence electrons. The van der Waals surface area contributed by atoms with E-state index < -0.39 is 6.10 Å². The van der Waals surface area contributed by atoms with Crippen LogP contribution in [-0.2, 0) is 6.42 Å². The largest absolute Gasteiger partial charge is 0.376 e. The number of hydrogen-bond donors (Lipinski definition) is 1. The van der Waals surface area contributed by atoms with Crippen molar-refractivity contribution in [2.45, 2.75) is 19.4 Å². The van der Waals surface area contributed by atoms with Crippen LogP contribution in [0.1, 0.15) is 24.2 Å². The fourth-order valence-electron chi connectivity index (χ4n) is 1.03. The van der Waals surface area contributed by atoms with Gasteiger partial charge in [-0.1, -0.05) is 37.1 Å². The van der Waals surface area contributed by atoms with Crippen LogP contribution in [0.25, 0.3) is 0 Å². The highest BCUT2D eigenvalue weighted by Crippen LogP contribution is 2.12. The zero-order valence-corrected chi connectivity index (χ0v) is 7.12. The summed E-state index contributed by atoms with van der Waals surface area (Å²) < 4.78 is 0. The molecule has 0 saturated heterocycles. The first-order valence-electron chi connectivity index (χ1n) is 4.01. The van der Waals surface area contributed by atoms with Gasteiger partial charge in [-0.05, 0) is 17.5 Å². The van der Waals surface area contributed by atoms with Crippen molar-refractivity contribution in [3.63, 3.8) is 0 Å². The van der Waals surface area contributed by atoms with E-state index in [-0.39, 0.29) is 0 Å². The lowest BCUT2D eigenvalue weighted by atomic mass is 10.1. The van der Waals surface area contributed by atoms with Crippen molar-refractivity contribution in [3.8, 4) is 12.3 Å². The third-order valence-electron chi connectivity index (χ3n) is 1.86. The summed E-state index contributed by atoms with van der Waals surface area (Å²) in [6.07, 6.45) is 5.31. The van der Waals surface area contributed by atoms with Crippen LogP contribution in [0.4, 0.5) is 0 Å². The average Bonchev–Trinajstić information content (AvgIpc) is 2.17. The van der Waals surface area contributed by atoms with Crippen molar-refractivity contribution in [3.05, 3.63) is 35.4 Å². The maximum Gasteiger partial charge on any atom is 0.139 e. The van der Waals surface area contributed by atoms with E-state index in [1.165, 1.54) is 5.56 Å². The van der Waals surface area contributed by atoms with E-state index in [0.29, 0.717) is 0 Å². The summed E-state index contributed by atoms with van der Waals surface area (Å²) in [7, 11) is 0. The molecule has 0 aliphatic heterocycles. The quantitative estimate of drug-likeness (QED) is 0.655. The SMILES string of the molecule is C#C[C@H](O)c1ccc(CC)cc1. The molecule has 0 unspecified atom stereocenters. The summed E-state index contributed by atoms with van der Waals surface area (Å²) in [6, 6.07) is 7.69. The number of aliphatic hydroxyl groups is 1. The summed E-state index contributed by atoms with van der Waals surface area (Å²) >= 11 is 0. The highest BCUT2D eigenvalue weighted by Gasteiger charge is 2.01. The van der Waals surface area contributed by atoms with Gasteiger partial charge in [0.1, 0.15) is 6.10 Å². The molecule has 0 bridgehead atoms. The summed E-state index contributed by atoms with van der Waals surface area (Å²) in [5.74, 6) is 2.27. The molecule has 1 nitrogen and oxygen atoms in total. The van der Waals surface area contributed by atoms with E-state index >= 15 is 0 Å². The van der Waals surface area contributed by atoms with E-state index in [2.05, 4.69) is 12.8 Å². The van der Waals surface area contributed by atoms with Crippen molar-refractivity contribution in [2.75, 3.05) is 0 Å². The average molecular weight is 160 g/mol. The molecule has 12 heavy (non-hydrogen) atoms. The highest BCUT2D eigenvalue weighted by molar-refractivity contribution is 5.27. The van der Waals surface area contributed by atoms with Gasteiger partial charge in [-0.15, -0.1) is 6.42 Å². The summed E-state index contributed by atoms with van der Waals surface area (Å²) in [4.78, 5) is 0. The third-order valence-corrected chi connectivity index (χ3v) is 1.86.